The molecule has 0 amide bonds. The van der Waals surface area contributed by atoms with Gasteiger partial charge in [-0.3, -0.25) is 0 Å². The third-order valence-corrected chi connectivity index (χ3v) is 1.80. The van der Waals surface area contributed by atoms with E-state index in [9.17, 15) is 0 Å². The molecular formula is C10H15N3. The van der Waals surface area contributed by atoms with Gasteiger partial charge in [0.2, 0.25) is 0 Å². The van der Waals surface area contributed by atoms with Crippen LogP contribution in [0.3, 0.4) is 0 Å². The van der Waals surface area contributed by atoms with Crippen molar-refractivity contribution in [3.05, 3.63) is 29.8 Å². The van der Waals surface area contributed by atoms with Gasteiger partial charge in [0.25, 0.3) is 0 Å². The van der Waals surface area contributed by atoms with E-state index in [1.165, 1.54) is 0 Å². The van der Waals surface area contributed by atoms with E-state index in [1.54, 1.807) is 6.07 Å². The molecule has 0 aliphatic carbocycles. The zero-order valence-corrected chi connectivity index (χ0v) is 7.53. The molecule has 0 saturated heterocycles. The van der Waals surface area contributed by atoms with E-state index in [0.29, 0.717) is 17.9 Å². The lowest BCUT2D eigenvalue weighted by Gasteiger charge is -2.02. The molecule has 0 spiro atoms. The van der Waals surface area contributed by atoms with Gasteiger partial charge in [-0.25, -0.2) is 0 Å². The molecule has 3 heteroatoms. The SMILES string of the molecule is NCCC=Cc1cccc(N)c1N. The lowest BCUT2D eigenvalue weighted by atomic mass is 10.1. The van der Waals surface area contributed by atoms with Crippen LogP contribution >= 0.6 is 0 Å². The van der Waals surface area contributed by atoms with Crippen molar-refractivity contribution in [1.29, 1.82) is 0 Å². The summed E-state index contributed by atoms with van der Waals surface area (Å²) in [7, 11) is 0. The van der Waals surface area contributed by atoms with Crippen molar-refractivity contribution in [2.75, 3.05) is 18.0 Å². The van der Waals surface area contributed by atoms with Crippen molar-refractivity contribution in [3.8, 4) is 0 Å². The number of rotatable bonds is 3. The summed E-state index contributed by atoms with van der Waals surface area (Å²) >= 11 is 0. The van der Waals surface area contributed by atoms with Gasteiger partial charge in [0, 0.05) is 0 Å². The van der Waals surface area contributed by atoms with E-state index >= 15 is 0 Å². The smallest absolute Gasteiger partial charge is 0.0621 e. The molecule has 0 fully saturated rings. The van der Waals surface area contributed by atoms with E-state index in [1.807, 2.05) is 24.3 Å². The maximum absolute atomic E-state index is 5.76. The molecule has 0 heterocycles. The summed E-state index contributed by atoms with van der Waals surface area (Å²) in [6.45, 7) is 0.652. The quantitative estimate of drug-likeness (QED) is 0.607. The third kappa shape index (κ3) is 2.49. The van der Waals surface area contributed by atoms with Crippen LogP contribution in [-0.4, -0.2) is 6.54 Å². The van der Waals surface area contributed by atoms with Crippen LogP contribution in [0.4, 0.5) is 11.4 Å². The van der Waals surface area contributed by atoms with Crippen LogP contribution in [0, 0.1) is 0 Å². The normalized spacial score (nSPS) is 10.8. The Kier molecular flexibility index (Phi) is 3.34. The van der Waals surface area contributed by atoms with Gasteiger partial charge in [0.05, 0.1) is 11.4 Å². The Morgan fingerprint density at radius 1 is 1.23 bits per heavy atom. The molecule has 0 atom stereocenters. The molecule has 0 saturated carbocycles. The van der Waals surface area contributed by atoms with Gasteiger partial charge < -0.3 is 17.2 Å². The molecule has 0 aliphatic heterocycles. The molecule has 1 rings (SSSR count). The van der Waals surface area contributed by atoms with Crippen LogP contribution < -0.4 is 17.2 Å². The maximum Gasteiger partial charge on any atom is 0.0621 e. The highest BCUT2D eigenvalue weighted by Crippen LogP contribution is 2.20. The van der Waals surface area contributed by atoms with E-state index in [0.717, 1.165) is 12.0 Å². The van der Waals surface area contributed by atoms with Crippen LogP contribution in [0.5, 0.6) is 0 Å². The van der Waals surface area contributed by atoms with Crippen LogP contribution in [0.25, 0.3) is 6.08 Å². The molecular weight excluding hydrogens is 162 g/mol. The van der Waals surface area contributed by atoms with Crippen molar-refractivity contribution < 1.29 is 0 Å². The zero-order valence-electron chi connectivity index (χ0n) is 7.53. The highest BCUT2D eigenvalue weighted by molar-refractivity contribution is 5.75. The van der Waals surface area contributed by atoms with Gasteiger partial charge in [-0.05, 0) is 24.6 Å². The Labute approximate surface area is 78.2 Å². The lowest BCUT2D eigenvalue weighted by Crippen LogP contribution is -1.97. The minimum atomic E-state index is 0.620. The summed E-state index contributed by atoms with van der Waals surface area (Å²) in [5.74, 6) is 0. The van der Waals surface area contributed by atoms with Gasteiger partial charge in [-0.2, -0.15) is 0 Å². The summed E-state index contributed by atoms with van der Waals surface area (Å²) in [6, 6.07) is 5.60. The van der Waals surface area contributed by atoms with Gasteiger partial charge in [-0.1, -0.05) is 24.3 Å². The van der Waals surface area contributed by atoms with E-state index in [-0.39, 0.29) is 0 Å². The first kappa shape index (κ1) is 9.61. The molecule has 1 aromatic rings. The molecule has 70 valence electrons. The van der Waals surface area contributed by atoms with Gasteiger partial charge in [0.15, 0.2) is 0 Å². The first-order chi connectivity index (χ1) is 6.25. The number of nitrogens with two attached hydrogens (primary N) is 3. The van der Waals surface area contributed by atoms with Crippen LogP contribution in [-0.2, 0) is 0 Å². The van der Waals surface area contributed by atoms with Crippen molar-refractivity contribution in [2.45, 2.75) is 6.42 Å². The fourth-order valence-corrected chi connectivity index (χ4v) is 1.05. The molecule has 0 bridgehead atoms. The highest BCUT2D eigenvalue weighted by atomic mass is 14.7. The van der Waals surface area contributed by atoms with Crippen LogP contribution in [0.1, 0.15) is 12.0 Å². The van der Waals surface area contributed by atoms with Crippen molar-refractivity contribution in [1.82, 2.24) is 0 Å². The molecule has 1 aromatic carbocycles. The molecule has 0 radical (unpaired) electrons. The van der Waals surface area contributed by atoms with E-state index < -0.39 is 0 Å². The first-order valence-corrected chi connectivity index (χ1v) is 4.26. The van der Waals surface area contributed by atoms with Crippen molar-refractivity contribution >= 4 is 17.5 Å². The summed E-state index contributed by atoms with van der Waals surface area (Å²) in [5.41, 5.74) is 19.0. The molecule has 0 aromatic heterocycles. The van der Waals surface area contributed by atoms with E-state index in [2.05, 4.69) is 0 Å². The average Bonchev–Trinajstić information content (AvgIpc) is 2.13. The minimum absolute atomic E-state index is 0.620. The molecule has 0 aliphatic rings. The van der Waals surface area contributed by atoms with Gasteiger partial charge >= 0.3 is 0 Å². The Balaban J connectivity index is 2.83. The minimum Gasteiger partial charge on any atom is -0.397 e. The highest BCUT2D eigenvalue weighted by Gasteiger charge is 1.96. The Hall–Kier alpha value is -1.48. The predicted octanol–water partition coefficient (Wildman–Crippen LogP) is 1.21. The van der Waals surface area contributed by atoms with Crippen molar-refractivity contribution in [3.63, 3.8) is 0 Å². The van der Waals surface area contributed by atoms with Gasteiger partial charge in [-0.15, -0.1) is 0 Å². The average molecular weight is 177 g/mol. The topological polar surface area (TPSA) is 78.1 Å². The summed E-state index contributed by atoms with van der Waals surface area (Å²) < 4.78 is 0. The Morgan fingerprint density at radius 2 is 2.00 bits per heavy atom. The van der Waals surface area contributed by atoms with Crippen LogP contribution in [0.15, 0.2) is 24.3 Å². The summed E-state index contributed by atoms with van der Waals surface area (Å²) in [6.07, 6.45) is 4.79. The zero-order chi connectivity index (χ0) is 9.68. The second kappa shape index (κ2) is 4.52. The molecule has 13 heavy (non-hydrogen) atoms. The summed E-state index contributed by atoms with van der Waals surface area (Å²) in [5, 5.41) is 0. The molecule has 6 N–H and O–H groups in total. The fourth-order valence-electron chi connectivity index (χ4n) is 1.05. The second-order valence-corrected chi connectivity index (χ2v) is 2.83. The number of hydrogen-bond acceptors (Lipinski definition) is 3. The largest absolute Gasteiger partial charge is 0.397 e. The third-order valence-electron chi connectivity index (χ3n) is 1.80. The molecule has 0 unspecified atom stereocenters. The predicted molar refractivity (Wildman–Crippen MR) is 58.0 cm³/mol. The van der Waals surface area contributed by atoms with Crippen LogP contribution in [0.2, 0.25) is 0 Å². The fraction of sp³-hybridized carbons (Fsp3) is 0.200. The second-order valence-electron chi connectivity index (χ2n) is 2.83. The Morgan fingerprint density at radius 3 is 2.69 bits per heavy atom. The van der Waals surface area contributed by atoms with Gasteiger partial charge in [0.1, 0.15) is 0 Å². The standard InChI is InChI=1S/C10H15N3/c11-7-2-1-4-8-5-3-6-9(12)10(8)13/h1,3-6H,2,7,11-13H2. The number of para-hydroxylation sites is 1. The number of nitrogen functional groups attached to an aromatic ring is 2. The Bertz CT molecular complexity index is 305. The number of hydrogen-bond donors (Lipinski definition) is 3. The van der Waals surface area contributed by atoms with E-state index in [4.69, 9.17) is 17.2 Å². The maximum atomic E-state index is 5.76. The number of anilines is 2. The summed E-state index contributed by atoms with van der Waals surface area (Å²) in [4.78, 5) is 0. The monoisotopic (exact) mass is 177 g/mol. The number of benzene rings is 1. The first-order valence-electron chi connectivity index (χ1n) is 4.26. The van der Waals surface area contributed by atoms with Crippen molar-refractivity contribution in [2.24, 2.45) is 5.73 Å². The molecule has 3 nitrogen and oxygen atoms in total. The lowest BCUT2D eigenvalue weighted by molar-refractivity contribution is 1.01.